The molecule has 4 aliphatic carbocycles. The number of hydrogen-bond donors (Lipinski definition) is 3. The Kier molecular flexibility index (Phi) is 11.0. The molecule has 0 aliphatic heterocycles. The average Bonchev–Trinajstić information content (AvgIpc) is 3.46. The molecular formula is C46H51NO9. The number of ketones is 3. The largest absolute Gasteiger partial charge is 0.461 e. The van der Waals surface area contributed by atoms with E-state index < -0.39 is 52.8 Å². The fourth-order valence-electron chi connectivity index (χ4n) is 10.5. The molecule has 3 aromatic carbocycles. The van der Waals surface area contributed by atoms with Crippen molar-refractivity contribution in [2.75, 3.05) is 13.2 Å². The van der Waals surface area contributed by atoms with Crippen molar-refractivity contribution in [2.45, 2.75) is 89.4 Å². The monoisotopic (exact) mass is 761 g/mol. The molecule has 56 heavy (non-hydrogen) atoms. The maximum atomic E-state index is 13.6. The van der Waals surface area contributed by atoms with Crippen molar-refractivity contribution in [2.24, 2.45) is 34.3 Å². The van der Waals surface area contributed by atoms with Crippen molar-refractivity contribution >= 4 is 40.1 Å². The highest BCUT2D eigenvalue weighted by atomic mass is 16.5. The second kappa shape index (κ2) is 15.6. The number of aliphatic hydroxyl groups excluding tert-OH is 1. The molecule has 0 aromatic heterocycles. The van der Waals surface area contributed by atoms with Gasteiger partial charge in [0, 0.05) is 29.7 Å². The predicted octanol–water partition coefficient (Wildman–Crippen LogP) is 5.64. The van der Waals surface area contributed by atoms with Crippen LogP contribution in [0.2, 0.25) is 0 Å². The zero-order chi connectivity index (χ0) is 39.8. The Morgan fingerprint density at radius 3 is 2.34 bits per heavy atom. The van der Waals surface area contributed by atoms with Crippen LogP contribution in [0, 0.1) is 28.6 Å². The third-order valence-electron chi connectivity index (χ3n) is 13.6. The number of esters is 2. The van der Waals surface area contributed by atoms with E-state index in [9.17, 15) is 34.2 Å². The van der Waals surface area contributed by atoms with Crippen LogP contribution in [0.5, 0.6) is 0 Å². The Morgan fingerprint density at radius 1 is 0.911 bits per heavy atom. The van der Waals surface area contributed by atoms with Gasteiger partial charge in [-0.2, -0.15) is 0 Å². The van der Waals surface area contributed by atoms with Gasteiger partial charge in [-0.3, -0.25) is 24.0 Å². The molecule has 0 bridgehead atoms. The molecule has 0 unspecified atom stereocenters. The third kappa shape index (κ3) is 7.30. The smallest absolute Gasteiger partial charge is 0.306 e. The van der Waals surface area contributed by atoms with Crippen LogP contribution in [-0.2, 0) is 46.5 Å². The van der Waals surface area contributed by atoms with Gasteiger partial charge in [-0.05, 0) is 83.6 Å². The zero-order valence-corrected chi connectivity index (χ0v) is 32.1. The summed E-state index contributed by atoms with van der Waals surface area (Å²) in [6, 6.07) is 21.1. The molecule has 0 heterocycles. The number of aliphatic hydroxyl groups is 2. The van der Waals surface area contributed by atoms with Gasteiger partial charge in [0.1, 0.15) is 18.0 Å². The highest BCUT2D eigenvalue weighted by molar-refractivity contribution is 6.01. The van der Waals surface area contributed by atoms with Gasteiger partial charge in [0.15, 0.2) is 12.4 Å². The van der Waals surface area contributed by atoms with Crippen molar-refractivity contribution in [3.63, 3.8) is 0 Å². The predicted molar refractivity (Wildman–Crippen MR) is 209 cm³/mol. The minimum Gasteiger partial charge on any atom is -0.461 e. The zero-order valence-electron chi connectivity index (χ0n) is 32.1. The summed E-state index contributed by atoms with van der Waals surface area (Å²) in [6.45, 7) is 3.43. The van der Waals surface area contributed by atoms with Gasteiger partial charge in [-0.25, -0.2) is 0 Å². The second-order valence-electron chi connectivity index (χ2n) is 16.7. The SMILES string of the molecule is C[C@]12C=CC(=O)C=C1CC[C@@H]1[C@@H]2[C@@H](O)C[C@@]2(C)[C@H]1CC[C@]2(O)C(=O)COC(=O)CCC(=O)OCc1ccc([C@@H](CN)C(=O)Cc2ccc3ccccc3c2)cc1. The topological polar surface area (TPSA) is 170 Å². The van der Waals surface area contributed by atoms with Gasteiger partial charge in [0.2, 0.25) is 5.78 Å². The first-order chi connectivity index (χ1) is 26.8. The van der Waals surface area contributed by atoms with E-state index in [-0.39, 0.29) is 74.6 Å². The molecule has 0 amide bonds. The molecule has 294 valence electrons. The summed E-state index contributed by atoms with van der Waals surface area (Å²) in [7, 11) is 0. The summed E-state index contributed by atoms with van der Waals surface area (Å²) in [5, 5.41) is 25.7. The van der Waals surface area contributed by atoms with Gasteiger partial charge in [-0.15, -0.1) is 0 Å². The maximum absolute atomic E-state index is 13.6. The van der Waals surface area contributed by atoms with Crippen molar-refractivity contribution in [1.82, 2.24) is 0 Å². The Hall–Kier alpha value is -4.77. The first-order valence-electron chi connectivity index (χ1n) is 19.7. The number of carbonyl (C=O) groups is 5. The first-order valence-corrected chi connectivity index (χ1v) is 19.7. The van der Waals surface area contributed by atoms with Crippen molar-refractivity contribution in [3.8, 4) is 0 Å². The summed E-state index contributed by atoms with van der Waals surface area (Å²) < 4.78 is 10.6. The van der Waals surface area contributed by atoms with E-state index in [0.717, 1.165) is 40.3 Å². The summed E-state index contributed by atoms with van der Waals surface area (Å²) in [4.78, 5) is 64.0. The van der Waals surface area contributed by atoms with E-state index in [1.807, 2.05) is 55.5 Å². The molecule has 0 spiro atoms. The molecule has 10 heteroatoms. The Labute approximate surface area is 327 Å². The number of Topliss-reactive ketones (excluding diaryl/α,β-unsaturated/α-hetero) is 2. The van der Waals surface area contributed by atoms with Crippen LogP contribution in [0.15, 0.2) is 90.5 Å². The van der Waals surface area contributed by atoms with Gasteiger partial charge in [0.25, 0.3) is 0 Å². The summed E-state index contributed by atoms with van der Waals surface area (Å²) in [6.07, 6.45) is 6.60. The second-order valence-corrected chi connectivity index (χ2v) is 16.7. The van der Waals surface area contributed by atoms with E-state index in [4.69, 9.17) is 15.2 Å². The molecule has 8 atom stereocenters. The molecule has 3 saturated carbocycles. The van der Waals surface area contributed by atoms with Crippen LogP contribution >= 0.6 is 0 Å². The van der Waals surface area contributed by atoms with Gasteiger partial charge in [0.05, 0.1) is 24.9 Å². The van der Waals surface area contributed by atoms with E-state index in [1.165, 1.54) is 0 Å². The molecule has 4 N–H and O–H groups in total. The van der Waals surface area contributed by atoms with Crippen molar-refractivity contribution in [3.05, 3.63) is 107 Å². The number of allylic oxidation sites excluding steroid dienone is 4. The lowest BCUT2D eigenvalue weighted by molar-refractivity contribution is -0.181. The van der Waals surface area contributed by atoms with E-state index in [2.05, 4.69) is 6.92 Å². The summed E-state index contributed by atoms with van der Waals surface area (Å²) in [5.74, 6) is -2.60. The molecular weight excluding hydrogens is 711 g/mol. The van der Waals surface area contributed by atoms with Crippen LogP contribution < -0.4 is 5.73 Å². The Morgan fingerprint density at radius 2 is 1.61 bits per heavy atom. The lowest BCUT2D eigenvalue weighted by Gasteiger charge is -2.59. The van der Waals surface area contributed by atoms with Crippen LogP contribution in [0.25, 0.3) is 10.8 Å². The molecule has 0 saturated heterocycles. The third-order valence-corrected chi connectivity index (χ3v) is 13.6. The molecule has 3 aromatic rings. The minimum absolute atomic E-state index is 0.0138. The summed E-state index contributed by atoms with van der Waals surface area (Å²) in [5.41, 5.74) is 6.31. The van der Waals surface area contributed by atoms with Gasteiger partial charge < -0.3 is 25.4 Å². The maximum Gasteiger partial charge on any atom is 0.306 e. The van der Waals surface area contributed by atoms with Gasteiger partial charge >= 0.3 is 11.9 Å². The molecule has 10 nitrogen and oxygen atoms in total. The first kappa shape index (κ1) is 39.5. The van der Waals surface area contributed by atoms with E-state index in [0.29, 0.717) is 12.0 Å². The molecule has 7 rings (SSSR count). The fraction of sp³-hybridized carbons (Fsp3) is 0.457. The fourth-order valence-corrected chi connectivity index (χ4v) is 10.5. The Bertz CT molecular complexity index is 2100. The standard InChI is InChI=1S/C46H51NO9/c1-44-19-17-34(48)23-33(44)13-14-35-37-18-20-46(54,45(37,2)24-39(50)43(35)44)40(51)27-56-42(53)16-15-41(52)55-26-28-7-11-31(12-8-28)36(25-47)38(49)22-29-9-10-30-5-3-4-6-32(30)21-29/h3-12,17,19,21,23,35-37,39,43,50,54H,13-16,18,20,22,24-27,47H2,1-2H3/t35-,36+,37-,39-,43+,44-,45-,46-/m0/s1. The highest BCUT2D eigenvalue weighted by Gasteiger charge is 2.68. The number of carbonyl (C=O) groups excluding carboxylic acids is 5. The number of ether oxygens (including phenoxy) is 2. The number of fused-ring (bicyclic) bond motifs is 6. The molecule has 3 fully saturated rings. The molecule has 4 aliphatic rings. The van der Waals surface area contributed by atoms with Crippen LogP contribution in [-0.4, -0.2) is 64.4 Å². The number of rotatable bonds is 13. The van der Waals surface area contributed by atoms with Crippen LogP contribution in [0.4, 0.5) is 0 Å². The number of benzene rings is 3. The normalized spacial score (nSPS) is 29.7. The van der Waals surface area contributed by atoms with E-state index in [1.54, 1.807) is 36.4 Å². The van der Waals surface area contributed by atoms with Crippen molar-refractivity contribution < 1.29 is 43.7 Å². The Balaban J connectivity index is 0.865. The lowest BCUT2D eigenvalue weighted by Crippen LogP contribution is -2.61. The van der Waals surface area contributed by atoms with Crippen molar-refractivity contribution in [1.29, 1.82) is 0 Å². The van der Waals surface area contributed by atoms with Crippen LogP contribution in [0.1, 0.15) is 81.4 Å². The average molecular weight is 762 g/mol. The number of nitrogens with two attached hydrogens (primary N) is 1. The van der Waals surface area contributed by atoms with Gasteiger partial charge in [-0.1, -0.05) is 92.2 Å². The minimum atomic E-state index is -1.78. The number of hydrogen-bond acceptors (Lipinski definition) is 10. The lowest BCUT2D eigenvalue weighted by atomic mass is 9.46. The van der Waals surface area contributed by atoms with E-state index >= 15 is 0 Å². The highest BCUT2D eigenvalue weighted by Crippen LogP contribution is 2.67. The summed E-state index contributed by atoms with van der Waals surface area (Å²) >= 11 is 0. The van der Waals surface area contributed by atoms with Crippen LogP contribution in [0.3, 0.4) is 0 Å². The quantitative estimate of drug-likeness (QED) is 0.185. The molecule has 0 radical (unpaired) electrons.